The molecule has 0 fully saturated rings. The molecule has 0 unspecified atom stereocenters. The molecule has 0 aliphatic heterocycles. The second-order valence-corrected chi connectivity index (χ2v) is 5.67. The third-order valence-corrected chi connectivity index (χ3v) is 3.56. The molecular weight excluding hydrogens is 360 g/mol. The summed E-state index contributed by atoms with van der Waals surface area (Å²) >= 11 is 3.43. The van der Waals surface area contributed by atoms with E-state index in [9.17, 15) is 4.79 Å². The van der Waals surface area contributed by atoms with Gasteiger partial charge in [0, 0.05) is 4.47 Å². The summed E-state index contributed by atoms with van der Waals surface area (Å²) in [6.07, 6.45) is 2.95. The average Bonchev–Trinajstić information content (AvgIpc) is 3.06. The number of furan rings is 1. The lowest BCUT2D eigenvalue weighted by atomic mass is 10.1. The van der Waals surface area contributed by atoms with Gasteiger partial charge in [-0.05, 0) is 47.2 Å². The Bertz CT molecular complexity index is 844. The van der Waals surface area contributed by atoms with Crippen molar-refractivity contribution in [3.8, 4) is 5.75 Å². The van der Waals surface area contributed by atoms with Crippen molar-refractivity contribution in [2.45, 2.75) is 0 Å². The van der Waals surface area contributed by atoms with Crippen LogP contribution >= 0.6 is 15.9 Å². The van der Waals surface area contributed by atoms with E-state index in [2.05, 4.69) is 26.5 Å². The van der Waals surface area contributed by atoms with Crippen molar-refractivity contribution in [3.05, 3.63) is 65.0 Å². The van der Waals surface area contributed by atoms with Gasteiger partial charge in [-0.1, -0.05) is 28.1 Å². The number of nitrogens with zero attached hydrogens (tertiary/aromatic N) is 1. The Labute approximate surface area is 141 Å². The van der Waals surface area contributed by atoms with E-state index in [0.29, 0.717) is 11.5 Å². The van der Waals surface area contributed by atoms with Gasteiger partial charge in [0.05, 0.1) is 12.5 Å². The Balaban J connectivity index is 1.55. The number of benzene rings is 2. The first kappa shape index (κ1) is 15.3. The lowest BCUT2D eigenvalue weighted by molar-refractivity contribution is -0.123. The summed E-state index contributed by atoms with van der Waals surface area (Å²) in [5.41, 5.74) is 2.38. The third-order valence-electron chi connectivity index (χ3n) is 3.07. The van der Waals surface area contributed by atoms with Crippen molar-refractivity contribution in [1.82, 2.24) is 5.43 Å². The molecular formula is C17H13BrN2O3. The van der Waals surface area contributed by atoms with Crippen molar-refractivity contribution in [2.24, 2.45) is 5.10 Å². The molecule has 1 N–H and O–H groups in total. The van der Waals surface area contributed by atoms with Crippen LogP contribution in [0, 0.1) is 0 Å². The van der Waals surface area contributed by atoms with E-state index in [-0.39, 0.29) is 12.5 Å². The van der Waals surface area contributed by atoms with Crippen LogP contribution in [-0.4, -0.2) is 18.7 Å². The number of carbonyl (C=O) groups is 1. The Morgan fingerprint density at radius 1 is 1.22 bits per heavy atom. The standard InChI is InChI=1S/C17H13BrN2O3/c18-14-5-3-13-9-15(6-4-12(13)8-14)23-11-17(21)20-19-10-16-2-1-7-22-16/h1-10H,11H2,(H,20,21)/b19-10+. The SMILES string of the molecule is O=C(COc1ccc2cc(Br)ccc2c1)N/N=C/c1ccco1. The number of hydrazone groups is 1. The number of amides is 1. The van der Waals surface area contributed by atoms with Crippen molar-refractivity contribution >= 4 is 38.8 Å². The number of rotatable bonds is 5. The van der Waals surface area contributed by atoms with Crippen molar-refractivity contribution < 1.29 is 13.9 Å². The molecule has 1 aromatic heterocycles. The molecule has 0 aliphatic rings. The fraction of sp³-hybridized carbons (Fsp3) is 0.0588. The molecule has 0 spiro atoms. The van der Waals surface area contributed by atoms with E-state index < -0.39 is 0 Å². The molecule has 6 heteroatoms. The van der Waals surface area contributed by atoms with Crippen molar-refractivity contribution in [3.63, 3.8) is 0 Å². The quantitative estimate of drug-likeness (QED) is 0.548. The first-order valence-electron chi connectivity index (χ1n) is 6.88. The van der Waals surface area contributed by atoms with Crippen LogP contribution in [0.15, 0.2) is 68.8 Å². The summed E-state index contributed by atoms with van der Waals surface area (Å²) in [5.74, 6) is 0.848. The highest BCUT2D eigenvalue weighted by atomic mass is 79.9. The highest BCUT2D eigenvalue weighted by molar-refractivity contribution is 9.10. The molecule has 5 nitrogen and oxygen atoms in total. The van der Waals surface area contributed by atoms with Crippen LogP contribution in [0.3, 0.4) is 0 Å². The fourth-order valence-electron chi connectivity index (χ4n) is 2.00. The van der Waals surface area contributed by atoms with Gasteiger partial charge in [0.1, 0.15) is 11.5 Å². The molecule has 0 aliphatic carbocycles. The number of fused-ring (bicyclic) bond motifs is 1. The highest BCUT2D eigenvalue weighted by Gasteiger charge is 2.03. The maximum Gasteiger partial charge on any atom is 0.277 e. The molecule has 2 aromatic carbocycles. The number of hydrogen-bond acceptors (Lipinski definition) is 4. The normalized spacial score (nSPS) is 11.0. The Kier molecular flexibility index (Phi) is 4.73. The number of hydrogen-bond donors (Lipinski definition) is 1. The van der Waals surface area contributed by atoms with Gasteiger partial charge < -0.3 is 9.15 Å². The van der Waals surface area contributed by atoms with Gasteiger partial charge in [-0.15, -0.1) is 0 Å². The largest absolute Gasteiger partial charge is 0.484 e. The molecule has 1 amide bonds. The monoisotopic (exact) mass is 372 g/mol. The average molecular weight is 373 g/mol. The van der Waals surface area contributed by atoms with Crippen LogP contribution in [0.2, 0.25) is 0 Å². The number of carbonyl (C=O) groups excluding carboxylic acids is 1. The minimum Gasteiger partial charge on any atom is -0.484 e. The van der Waals surface area contributed by atoms with E-state index in [4.69, 9.17) is 9.15 Å². The van der Waals surface area contributed by atoms with Gasteiger partial charge in [0.15, 0.2) is 6.61 Å². The molecule has 0 saturated carbocycles. The number of halogens is 1. The minimum absolute atomic E-state index is 0.114. The Morgan fingerprint density at radius 2 is 2.04 bits per heavy atom. The number of nitrogens with one attached hydrogen (secondary N) is 1. The third kappa shape index (κ3) is 4.20. The molecule has 3 rings (SSSR count). The van der Waals surface area contributed by atoms with Crippen molar-refractivity contribution in [1.29, 1.82) is 0 Å². The summed E-state index contributed by atoms with van der Waals surface area (Å²) < 4.78 is 11.6. The van der Waals surface area contributed by atoms with Crippen LogP contribution in [0.1, 0.15) is 5.76 Å². The van der Waals surface area contributed by atoms with Gasteiger partial charge in [0.2, 0.25) is 0 Å². The van der Waals surface area contributed by atoms with Gasteiger partial charge in [0.25, 0.3) is 5.91 Å². The lowest BCUT2D eigenvalue weighted by Crippen LogP contribution is -2.24. The summed E-state index contributed by atoms with van der Waals surface area (Å²) in [5, 5.41) is 5.92. The predicted octanol–water partition coefficient (Wildman–Crippen LogP) is 3.72. The molecule has 0 atom stereocenters. The maximum absolute atomic E-state index is 11.7. The van der Waals surface area contributed by atoms with E-state index in [1.165, 1.54) is 12.5 Å². The molecule has 0 radical (unpaired) electrons. The van der Waals surface area contributed by atoms with E-state index in [0.717, 1.165) is 15.2 Å². The summed E-state index contributed by atoms with van der Waals surface area (Å²) in [7, 11) is 0. The minimum atomic E-state index is -0.344. The van der Waals surface area contributed by atoms with E-state index in [1.807, 2.05) is 36.4 Å². The smallest absolute Gasteiger partial charge is 0.277 e. The van der Waals surface area contributed by atoms with Gasteiger partial charge in [-0.2, -0.15) is 5.10 Å². The van der Waals surface area contributed by atoms with Crippen LogP contribution in [0.5, 0.6) is 5.75 Å². The van der Waals surface area contributed by atoms with Gasteiger partial charge in [-0.3, -0.25) is 4.79 Å². The van der Waals surface area contributed by atoms with Crippen molar-refractivity contribution in [2.75, 3.05) is 6.61 Å². The predicted molar refractivity (Wildman–Crippen MR) is 91.6 cm³/mol. The van der Waals surface area contributed by atoms with Crippen LogP contribution in [0.4, 0.5) is 0 Å². The topological polar surface area (TPSA) is 63.8 Å². The second kappa shape index (κ2) is 7.11. The molecule has 1 heterocycles. The number of ether oxygens (including phenoxy) is 1. The fourth-order valence-corrected chi connectivity index (χ4v) is 2.38. The molecule has 0 saturated heterocycles. The van der Waals surface area contributed by atoms with Crippen LogP contribution in [-0.2, 0) is 4.79 Å². The maximum atomic E-state index is 11.7. The lowest BCUT2D eigenvalue weighted by Gasteiger charge is -2.06. The summed E-state index contributed by atoms with van der Waals surface area (Å²) in [4.78, 5) is 11.7. The van der Waals surface area contributed by atoms with E-state index >= 15 is 0 Å². The zero-order valence-electron chi connectivity index (χ0n) is 12.0. The molecule has 0 bridgehead atoms. The first-order valence-corrected chi connectivity index (χ1v) is 7.67. The highest BCUT2D eigenvalue weighted by Crippen LogP contribution is 2.24. The Hall–Kier alpha value is -2.60. The van der Waals surface area contributed by atoms with Crippen LogP contribution < -0.4 is 10.2 Å². The molecule has 23 heavy (non-hydrogen) atoms. The zero-order valence-corrected chi connectivity index (χ0v) is 13.6. The summed E-state index contributed by atoms with van der Waals surface area (Å²) in [6, 6.07) is 15.1. The molecule has 116 valence electrons. The molecule has 3 aromatic rings. The first-order chi connectivity index (χ1) is 11.2. The van der Waals surface area contributed by atoms with Gasteiger partial charge in [-0.25, -0.2) is 5.43 Å². The van der Waals surface area contributed by atoms with Gasteiger partial charge >= 0.3 is 0 Å². The zero-order chi connectivity index (χ0) is 16.1. The summed E-state index contributed by atoms with van der Waals surface area (Å²) in [6.45, 7) is -0.114. The second-order valence-electron chi connectivity index (χ2n) is 4.75. The Morgan fingerprint density at radius 3 is 2.87 bits per heavy atom. The van der Waals surface area contributed by atoms with E-state index in [1.54, 1.807) is 12.1 Å². The van der Waals surface area contributed by atoms with Crippen LogP contribution in [0.25, 0.3) is 10.8 Å².